The van der Waals surface area contributed by atoms with E-state index in [0.717, 1.165) is 38.8 Å². The van der Waals surface area contributed by atoms with Gasteiger partial charge in [0, 0.05) is 19.6 Å². The van der Waals surface area contributed by atoms with Crippen LogP contribution in [0, 0.1) is 11.8 Å². The number of nitrogens with one attached hydrogen (secondary N) is 1. The SMILES string of the molecule is CCCCNC(=O)C1CCCN(C(=O)[C@@H](N)CC(C)C)C1.Cl. The number of carbonyl (C=O) groups excluding carboxylic acids is 2. The van der Waals surface area contributed by atoms with Gasteiger partial charge in [0.2, 0.25) is 11.8 Å². The van der Waals surface area contributed by atoms with Crippen molar-refractivity contribution in [1.29, 1.82) is 0 Å². The van der Waals surface area contributed by atoms with Gasteiger partial charge in [-0.2, -0.15) is 0 Å². The van der Waals surface area contributed by atoms with Crippen LogP contribution in [0.25, 0.3) is 0 Å². The van der Waals surface area contributed by atoms with Crippen molar-refractivity contribution in [3.8, 4) is 0 Å². The molecule has 1 heterocycles. The van der Waals surface area contributed by atoms with Crippen molar-refractivity contribution >= 4 is 24.2 Å². The lowest BCUT2D eigenvalue weighted by molar-refractivity contribution is -0.137. The summed E-state index contributed by atoms with van der Waals surface area (Å²) >= 11 is 0. The van der Waals surface area contributed by atoms with Crippen molar-refractivity contribution in [2.75, 3.05) is 19.6 Å². The molecule has 0 bridgehead atoms. The number of piperidine rings is 1. The normalized spacial score (nSPS) is 19.5. The van der Waals surface area contributed by atoms with Crippen LogP contribution in [0.1, 0.15) is 52.9 Å². The molecule has 22 heavy (non-hydrogen) atoms. The molecule has 5 nitrogen and oxygen atoms in total. The standard InChI is InChI=1S/C16H31N3O2.ClH/c1-4-5-8-18-15(20)13-7-6-9-19(11-13)16(21)14(17)10-12(2)3;/h12-14H,4-11,17H2,1-3H3,(H,18,20);1H/t13?,14-;/m0./s1. The first-order valence-corrected chi connectivity index (χ1v) is 8.27. The zero-order valence-corrected chi connectivity index (χ0v) is 15.0. The third kappa shape index (κ3) is 6.97. The van der Waals surface area contributed by atoms with Crippen LogP contribution in [0.2, 0.25) is 0 Å². The average Bonchev–Trinajstić information content (AvgIpc) is 2.46. The summed E-state index contributed by atoms with van der Waals surface area (Å²) in [5.41, 5.74) is 5.98. The molecule has 1 aliphatic heterocycles. The summed E-state index contributed by atoms with van der Waals surface area (Å²) in [5.74, 6) is 0.404. The fourth-order valence-corrected chi connectivity index (χ4v) is 2.77. The highest BCUT2D eigenvalue weighted by Crippen LogP contribution is 2.18. The van der Waals surface area contributed by atoms with Crippen LogP contribution in [0.4, 0.5) is 0 Å². The fourth-order valence-electron chi connectivity index (χ4n) is 2.77. The number of unbranched alkanes of at least 4 members (excludes halogenated alkanes) is 1. The van der Waals surface area contributed by atoms with Gasteiger partial charge in [0.25, 0.3) is 0 Å². The van der Waals surface area contributed by atoms with Gasteiger partial charge >= 0.3 is 0 Å². The molecule has 6 heteroatoms. The molecule has 0 aromatic carbocycles. The topological polar surface area (TPSA) is 75.4 Å². The number of rotatable bonds is 7. The molecular weight excluding hydrogens is 302 g/mol. The quantitative estimate of drug-likeness (QED) is 0.699. The second-order valence-corrected chi connectivity index (χ2v) is 6.50. The Kier molecular flexibility index (Phi) is 10.4. The molecule has 1 fully saturated rings. The molecule has 130 valence electrons. The van der Waals surface area contributed by atoms with Crippen LogP contribution in [0.15, 0.2) is 0 Å². The van der Waals surface area contributed by atoms with Crippen LogP contribution in [0.3, 0.4) is 0 Å². The van der Waals surface area contributed by atoms with E-state index < -0.39 is 6.04 Å². The number of likely N-dealkylation sites (tertiary alicyclic amines) is 1. The highest BCUT2D eigenvalue weighted by Gasteiger charge is 2.30. The van der Waals surface area contributed by atoms with Crippen LogP contribution in [-0.4, -0.2) is 42.4 Å². The minimum atomic E-state index is -0.438. The number of halogens is 1. The molecule has 1 saturated heterocycles. The summed E-state index contributed by atoms with van der Waals surface area (Å²) in [5, 5.41) is 2.97. The van der Waals surface area contributed by atoms with Crippen LogP contribution < -0.4 is 11.1 Å². The van der Waals surface area contributed by atoms with Gasteiger partial charge in [0.1, 0.15) is 0 Å². The van der Waals surface area contributed by atoms with Gasteiger partial charge in [0.15, 0.2) is 0 Å². The van der Waals surface area contributed by atoms with E-state index in [1.807, 2.05) is 0 Å². The van der Waals surface area contributed by atoms with E-state index in [1.54, 1.807) is 4.90 Å². The molecule has 1 unspecified atom stereocenters. The van der Waals surface area contributed by atoms with E-state index in [2.05, 4.69) is 26.1 Å². The summed E-state index contributed by atoms with van der Waals surface area (Å²) in [7, 11) is 0. The molecule has 0 spiro atoms. The number of carbonyl (C=O) groups is 2. The summed E-state index contributed by atoms with van der Waals surface area (Å²) in [4.78, 5) is 26.2. The molecule has 0 aliphatic carbocycles. The molecule has 0 radical (unpaired) electrons. The second kappa shape index (κ2) is 10.8. The second-order valence-electron chi connectivity index (χ2n) is 6.50. The van der Waals surface area contributed by atoms with Crippen molar-refractivity contribution < 1.29 is 9.59 Å². The minimum Gasteiger partial charge on any atom is -0.356 e. The first kappa shape index (κ1) is 21.2. The minimum absolute atomic E-state index is 0. The van der Waals surface area contributed by atoms with Crippen LogP contribution >= 0.6 is 12.4 Å². The van der Waals surface area contributed by atoms with E-state index in [0.29, 0.717) is 18.9 Å². The Labute approximate surface area is 140 Å². The molecule has 2 atom stereocenters. The number of amides is 2. The maximum atomic E-state index is 12.3. The lowest BCUT2D eigenvalue weighted by Gasteiger charge is -2.34. The van der Waals surface area contributed by atoms with Gasteiger partial charge in [-0.25, -0.2) is 0 Å². The number of hydrogen-bond acceptors (Lipinski definition) is 3. The molecule has 1 aliphatic rings. The summed E-state index contributed by atoms with van der Waals surface area (Å²) in [6, 6.07) is -0.438. The maximum Gasteiger partial charge on any atom is 0.239 e. The Hall–Kier alpha value is -0.810. The molecule has 0 aromatic heterocycles. The lowest BCUT2D eigenvalue weighted by Crippen LogP contribution is -2.51. The zero-order valence-electron chi connectivity index (χ0n) is 14.1. The lowest BCUT2D eigenvalue weighted by atomic mass is 9.95. The monoisotopic (exact) mass is 333 g/mol. The third-order valence-electron chi connectivity index (χ3n) is 3.98. The number of nitrogens with zero attached hydrogens (tertiary/aromatic N) is 1. The van der Waals surface area contributed by atoms with Crippen molar-refractivity contribution in [2.45, 2.75) is 58.9 Å². The van der Waals surface area contributed by atoms with Gasteiger partial charge in [-0.3, -0.25) is 9.59 Å². The van der Waals surface area contributed by atoms with Crippen LogP contribution in [0.5, 0.6) is 0 Å². The summed E-state index contributed by atoms with van der Waals surface area (Å²) in [6.07, 6.45) is 4.51. The molecule has 2 amide bonds. The Morgan fingerprint density at radius 2 is 2.05 bits per heavy atom. The predicted molar refractivity (Wildman–Crippen MR) is 91.9 cm³/mol. The van der Waals surface area contributed by atoms with Crippen molar-refractivity contribution in [3.63, 3.8) is 0 Å². The molecule has 3 N–H and O–H groups in total. The first-order valence-electron chi connectivity index (χ1n) is 8.27. The van der Waals surface area contributed by atoms with Gasteiger partial charge < -0.3 is 16.0 Å². The van der Waals surface area contributed by atoms with Crippen molar-refractivity contribution in [2.24, 2.45) is 17.6 Å². The zero-order chi connectivity index (χ0) is 15.8. The third-order valence-corrected chi connectivity index (χ3v) is 3.98. The summed E-state index contributed by atoms with van der Waals surface area (Å²) < 4.78 is 0. The van der Waals surface area contributed by atoms with Crippen molar-refractivity contribution in [3.05, 3.63) is 0 Å². The van der Waals surface area contributed by atoms with E-state index in [9.17, 15) is 9.59 Å². The smallest absolute Gasteiger partial charge is 0.239 e. The van der Waals surface area contributed by atoms with Crippen LogP contribution in [-0.2, 0) is 9.59 Å². The average molecular weight is 334 g/mol. The van der Waals surface area contributed by atoms with E-state index >= 15 is 0 Å². The van der Waals surface area contributed by atoms with Gasteiger partial charge in [-0.1, -0.05) is 27.2 Å². The highest BCUT2D eigenvalue weighted by atomic mass is 35.5. The molecule has 0 aromatic rings. The first-order chi connectivity index (χ1) is 9.95. The summed E-state index contributed by atoms with van der Waals surface area (Å²) in [6.45, 7) is 8.20. The highest BCUT2D eigenvalue weighted by molar-refractivity contribution is 5.85. The Bertz CT molecular complexity index is 350. The number of nitrogens with two attached hydrogens (primary N) is 1. The van der Waals surface area contributed by atoms with E-state index in [1.165, 1.54) is 0 Å². The molecule has 1 rings (SSSR count). The Morgan fingerprint density at radius 3 is 2.64 bits per heavy atom. The molecular formula is C16H32ClN3O2. The Balaban J connectivity index is 0.00000441. The number of hydrogen-bond donors (Lipinski definition) is 2. The largest absolute Gasteiger partial charge is 0.356 e. The van der Waals surface area contributed by atoms with E-state index in [-0.39, 0.29) is 30.1 Å². The van der Waals surface area contributed by atoms with Crippen molar-refractivity contribution in [1.82, 2.24) is 10.2 Å². The van der Waals surface area contributed by atoms with Gasteiger partial charge in [0.05, 0.1) is 12.0 Å². The maximum absolute atomic E-state index is 12.3. The predicted octanol–water partition coefficient (Wildman–Crippen LogP) is 1.94. The fraction of sp³-hybridized carbons (Fsp3) is 0.875. The van der Waals surface area contributed by atoms with Gasteiger partial charge in [-0.15, -0.1) is 12.4 Å². The Morgan fingerprint density at radius 1 is 1.36 bits per heavy atom. The van der Waals surface area contributed by atoms with Gasteiger partial charge in [-0.05, 0) is 31.6 Å². The van der Waals surface area contributed by atoms with E-state index in [4.69, 9.17) is 5.73 Å². The molecule has 0 saturated carbocycles.